The quantitative estimate of drug-likeness (QED) is 0.447. The summed E-state index contributed by atoms with van der Waals surface area (Å²) in [5, 5.41) is 13.5. The van der Waals surface area contributed by atoms with Crippen molar-refractivity contribution in [3.8, 4) is 11.8 Å². The van der Waals surface area contributed by atoms with Crippen molar-refractivity contribution in [2.24, 2.45) is 0 Å². The molecule has 6 heteroatoms. The summed E-state index contributed by atoms with van der Waals surface area (Å²) in [5.74, 6) is 5.50. The fourth-order valence-electron chi connectivity index (χ4n) is 2.21. The van der Waals surface area contributed by atoms with Gasteiger partial charge in [0.25, 0.3) is 11.6 Å². The second-order valence-corrected chi connectivity index (χ2v) is 5.31. The van der Waals surface area contributed by atoms with E-state index in [4.69, 9.17) is 0 Å². The van der Waals surface area contributed by atoms with E-state index in [0.29, 0.717) is 16.9 Å². The zero-order chi connectivity index (χ0) is 18.4. The highest BCUT2D eigenvalue weighted by Gasteiger charge is 2.11. The standard InChI is InChI=1S/C20H13N3O3/c24-20(16-6-4-9-19(14-16)23(25)26)22-18-8-3-5-15(13-18)10-11-17-7-1-2-12-21-17/h1-9,12-14H,(H,22,24). The van der Waals surface area contributed by atoms with Crippen molar-refractivity contribution < 1.29 is 9.72 Å². The van der Waals surface area contributed by atoms with E-state index in [0.717, 1.165) is 0 Å². The molecule has 0 aliphatic carbocycles. The summed E-state index contributed by atoms with van der Waals surface area (Å²) in [7, 11) is 0. The maximum absolute atomic E-state index is 12.3. The molecule has 0 saturated heterocycles. The lowest BCUT2D eigenvalue weighted by atomic mass is 10.1. The van der Waals surface area contributed by atoms with Crippen molar-refractivity contribution in [1.29, 1.82) is 0 Å². The predicted octanol–water partition coefficient (Wildman–Crippen LogP) is 3.64. The lowest BCUT2D eigenvalue weighted by Crippen LogP contribution is -2.12. The molecule has 6 nitrogen and oxygen atoms in total. The van der Waals surface area contributed by atoms with E-state index in [-0.39, 0.29) is 11.3 Å². The molecule has 0 fully saturated rings. The van der Waals surface area contributed by atoms with Gasteiger partial charge in [0, 0.05) is 35.1 Å². The van der Waals surface area contributed by atoms with Crippen LogP contribution in [0.4, 0.5) is 11.4 Å². The van der Waals surface area contributed by atoms with Gasteiger partial charge in [-0.2, -0.15) is 0 Å². The molecule has 26 heavy (non-hydrogen) atoms. The fourth-order valence-corrected chi connectivity index (χ4v) is 2.21. The first-order chi connectivity index (χ1) is 12.6. The van der Waals surface area contributed by atoms with Crippen LogP contribution >= 0.6 is 0 Å². The Hall–Kier alpha value is -3.98. The number of nitro benzene ring substituents is 1. The van der Waals surface area contributed by atoms with Gasteiger partial charge in [0.05, 0.1) is 4.92 Å². The Labute approximate surface area is 149 Å². The van der Waals surface area contributed by atoms with Gasteiger partial charge >= 0.3 is 0 Å². The number of anilines is 1. The van der Waals surface area contributed by atoms with E-state index in [9.17, 15) is 14.9 Å². The molecule has 3 rings (SSSR count). The number of non-ortho nitro benzene ring substituents is 1. The topological polar surface area (TPSA) is 85.1 Å². The molecule has 0 saturated carbocycles. The third-order valence-electron chi connectivity index (χ3n) is 3.44. The summed E-state index contributed by atoms with van der Waals surface area (Å²) >= 11 is 0. The fraction of sp³-hybridized carbons (Fsp3) is 0. The summed E-state index contributed by atoms with van der Waals surface area (Å²) in [6.45, 7) is 0. The van der Waals surface area contributed by atoms with Crippen molar-refractivity contribution >= 4 is 17.3 Å². The Morgan fingerprint density at radius 3 is 2.62 bits per heavy atom. The summed E-state index contributed by atoms with van der Waals surface area (Å²) in [6.07, 6.45) is 1.67. The van der Waals surface area contributed by atoms with Gasteiger partial charge in [-0.3, -0.25) is 14.9 Å². The first-order valence-corrected chi connectivity index (χ1v) is 7.71. The Morgan fingerprint density at radius 2 is 1.85 bits per heavy atom. The molecule has 2 aromatic carbocycles. The molecule has 0 radical (unpaired) electrons. The molecular formula is C20H13N3O3. The highest BCUT2D eigenvalue weighted by Crippen LogP contribution is 2.16. The summed E-state index contributed by atoms with van der Waals surface area (Å²) in [5.41, 5.74) is 2.00. The van der Waals surface area contributed by atoms with Crippen LogP contribution in [0.15, 0.2) is 72.9 Å². The van der Waals surface area contributed by atoms with E-state index in [1.165, 1.54) is 24.3 Å². The van der Waals surface area contributed by atoms with Crippen LogP contribution in [0.3, 0.4) is 0 Å². The lowest BCUT2D eigenvalue weighted by Gasteiger charge is -2.05. The second-order valence-electron chi connectivity index (χ2n) is 5.31. The minimum atomic E-state index is -0.537. The molecular weight excluding hydrogens is 330 g/mol. The number of nitro groups is 1. The molecule has 0 atom stereocenters. The van der Waals surface area contributed by atoms with E-state index < -0.39 is 10.8 Å². The normalized spacial score (nSPS) is 9.69. The molecule has 0 spiro atoms. The van der Waals surface area contributed by atoms with Crippen molar-refractivity contribution in [1.82, 2.24) is 4.98 Å². The lowest BCUT2D eigenvalue weighted by molar-refractivity contribution is -0.384. The molecule has 1 heterocycles. The van der Waals surface area contributed by atoms with Crippen LogP contribution in [0.1, 0.15) is 21.6 Å². The van der Waals surface area contributed by atoms with Crippen molar-refractivity contribution in [3.05, 3.63) is 99.9 Å². The smallest absolute Gasteiger partial charge is 0.270 e. The SMILES string of the molecule is O=C(Nc1cccc(C#Cc2ccccn2)c1)c1cccc([N+](=O)[O-])c1. The molecule has 1 aromatic heterocycles. The molecule has 0 aliphatic rings. The number of nitrogens with one attached hydrogen (secondary N) is 1. The van der Waals surface area contributed by atoms with Crippen LogP contribution in [0.5, 0.6) is 0 Å². The number of amides is 1. The minimum Gasteiger partial charge on any atom is -0.322 e. The Bertz CT molecular complexity index is 1020. The van der Waals surface area contributed by atoms with Crippen LogP contribution in [0.25, 0.3) is 0 Å². The van der Waals surface area contributed by atoms with Crippen LogP contribution in [-0.4, -0.2) is 15.8 Å². The number of carbonyl (C=O) groups excluding carboxylic acids is 1. The average Bonchev–Trinajstić information content (AvgIpc) is 2.67. The third-order valence-corrected chi connectivity index (χ3v) is 3.44. The number of hydrogen-bond acceptors (Lipinski definition) is 4. The zero-order valence-corrected chi connectivity index (χ0v) is 13.5. The van der Waals surface area contributed by atoms with Crippen molar-refractivity contribution in [2.75, 3.05) is 5.32 Å². The Morgan fingerprint density at radius 1 is 1.00 bits per heavy atom. The van der Waals surface area contributed by atoms with Gasteiger partial charge in [-0.05, 0) is 42.3 Å². The average molecular weight is 343 g/mol. The third kappa shape index (κ3) is 4.30. The summed E-state index contributed by atoms with van der Waals surface area (Å²) in [4.78, 5) is 26.7. The van der Waals surface area contributed by atoms with Gasteiger partial charge in [-0.15, -0.1) is 0 Å². The van der Waals surface area contributed by atoms with Crippen molar-refractivity contribution in [3.63, 3.8) is 0 Å². The van der Waals surface area contributed by atoms with Crippen LogP contribution in [-0.2, 0) is 0 Å². The molecule has 1 N–H and O–H groups in total. The number of carbonyl (C=O) groups is 1. The van der Waals surface area contributed by atoms with E-state index in [1.807, 2.05) is 18.2 Å². The molecule has 126 valence electrons. The van der Waals surface area contributed by atoms with Crippen molar-refractivity contribution in [2.45, 2.75) is 0 Å². The van der Waals surface area contributed by atoms with Crippen LogP contribution in [0.2, 0.25) is 0 Å². The van der Waals surface area contributed by atoms with Gasteiger partial charge < -0.3 is 5.32 Å². The summed E-state index contributed by atoms with van der Waals surface area (Å²) in [6, 6.07) is 18.1. The zero-order valence-electron chi connectivity index (χ0n) is 13.5. The number of hydrogen-bond donors (Lipinski definition) is 1. The van der Waals surface area contributed by atoms with Gasteiger partial charge in [-0.25, -0.2) is 4.98 Å². The number of rotatable bonds is 3. The number of aromatic nitrogens is 1. The largest absolute Gasteiger partial charge is 0.322 e. The van der Waals surface area contributed by atoms with E-state index in [2.05, 4.69) is 22.1 Å². The second kappa shape index (κ2) is 7.73. The van der Waals surface area contributed by atoms with Crippen LogP contribution in [0, 0.1) is 22.0 Å². The first-order valence-electron chi connectivity index (χ1n) is 7.71. The van der Waals surface area contributed by atoms with E-state index in [1.54, 1.807) is 30.5 Å². The maximum atomic E-state index is 12.3. The molecule has 1 amide bonds. The summed E-state index contributed by atoms with van der Waals surface area (Å²) < 4.78 is 0. The molecule has 0 bridgehead atoms. The van der Waals surface area contributed by atoms with Gasteiger partial charge in [0.15, 0.2) is 0 Å². The monoisotopic (exact) mass is 343 g/mol. The minimum absolute atomic E-state index is 0.132. The number of benzene rings is 2. The predicted molar refractivity (Wildman–Crippen MR) is 97.7 cm³/mol. The van der Waals surface area contributed by atoms with Crippen LogP contribution < -0.4 is 5.32 Å². The Balaban J connectivity index is 1.77. The number of pyridine rings is 1. The molecule has 0 aliphatic heterocycles. The van der Waals surface area contributed by atoms with Gasteiger partial charge in [0.1, 0.15) is 5.69 Å². The Kier molecular flexibility index (Phi) is 5.01. The molecule has 3 aromatic rings. The van der Waals surface area contributed by atoms with E-state index >= 15 is 0 Å². The highest BCUT2D eigenvalue weighted by atomic mass is 16.6. The van der Waals surface area contributed by atoms with Gasteiger partial charge in [-0.1, -0.05) is 24.1 Å². The van der Waals surface area contributed by atoms with Gasteiger partial charge in [0.2, 0.25) is 0 Å². The number of nitrogens with zero attached hydrogens (tertiary/aromatic N) is 2. The molecule has 0 unspecified atom stereocenters. The first kappa shape index (κ1) is 16.9. The highest BCUT2D eigenvalue weighted by molar-refractivity contribution is 6.04. The maximum Gasteiger partial charge on any atom is 0.270 e.